The van der Waals surface area contributed by atoms with E-state index < -0.39 is 11.9 Å². The van der Waals surface area contributed by atoms with Crippen molar-refractivity contribution < 1.29 is 14.3 Å². The highest BCUT2D eigenvalue weighted by atomic mass is 35.5. The Hall–Kier alpha value is -3.58. The van der Waals surface area contributed by atoms with E-state index in [4.69, 9.17) is 16.3 Å². The molecule has 4 rings (SSSR count). The molecular formula is C24H23ClN4O3. The molecule has 0 saturated heterocycles. The third-order valence-electron chi connectivity index (χ3n) is 5.33. The quantitative estimate of drug-likeness (QED) is 0.418. The number of ether oxygens (including phenoxy) is 1. The van der Waals surface area contributed by atoms with Crippen LogP contribution in [0.2, 0.25) is 5.02 Å². The van der Waals surface area contributed by atoms with Crippen LogP contribution in [0.15, 0.2) is 48.5 Å². The second-order valence-electron chi connectivity index (χ2n) is 7.57. The summed E-state index contributed by atoms with van der Waals surface area (Å²) in [6.07, 6.45) is 0.0207. The molecule has 0 bridgehead atoms. The number of hydrogen-bond donors (Lipinski definition) is 2. The zero-order valence-corrected chi connectivity index (χ0v) is 18.8. The molecule has 2 aromatic heterocycles. The highest BCUT2D eigenvalue weighted by Gasteiger charge is 2.18. The number of rotatable bonds is 6. The number of carbonyl (C=O) groups is 2. The van der Waals surface area contributed by atoms with Crippen LogP contribution >= 0.6 is 11.6 Å². The number of hydrogen-bond acceptors (Lipinski definition) is 4. The van der Waals surface area contributed by atoms with E-state index in [1.165, 1.54) is 0 Å². The molecule has 2 N–H and O–H groups in total. The summed E-state index contributed by atoms with van der Waals surface area (Å²) in [6.45, 7) is 5.18. The molecule has 8 heteroatoms. The number of nitrogens with zero attached hydrogens (tertiary/aromatic N) is 2. The Morgan fingerprint density at radius 2 is 1.84 bits per heavy atom. The summed E-state index contributed by atoms with van der Waals surface area (Å²) in [5.74, 6) is -0.927. The molecule has 2 heterocycles. The molecule has 7 nitrogen and oxygen atoms in total. The van der Waals surface area contributed by atoms with Crippen molar-refractivity contribution in [3.05, 3.63) is 76.2 Å². The zero-order valence-electron chi connectivity index (χ0n) is 18.0. The molecule has 0 fully saturated rings. The lowest BCUT2D eigenvalue weighted by molar-refractivity contribution is -0.146. The summed E-state index contributed by atoms with van der Waals surface area (Å²) in [5.41, 5.74) is 5.44. The van der Waals surface area contributed by atoms with Crippen molar-refractivity contribution in [1.82, 2.24) is 14.8 Å². The molecule has 0 aliphatic rings. The maximum absolute atomic E-state index is 12.5. The Kier molecular flexibility index (Phi) is 6.01. The number of benzene rings is 2. The average Bonchev–Trinajstić information content (AvgIpc) is 3.24. The van der Waals surface area contributed by atoms with Gasteiger partial charge in [0.05, 0.1) is 34.2 Å². The van der Waals surface area contributed by atoms with Crippen LogP contribution in [-0.2, 0) is 20.7 Å². The van der Waals surface area contributed by atoms with Crippen molar-refractivity contribution in [2.45, 2.75) is 27.2 Å². The monoisotopic (exact) mass is 450 g/mol. The minimum absolute atomic E-state index is 0.0207. The molecule has 164 valence electrons. The zero-order chi connectivity index (χ0) is 22.8. The smallest absolute Gasteiger partial charge is 0.310 e. The van der Waals surface area contributed by atoms with Gasteiger partial charge in [0.1, 0.15) is 0 Å². The highest BCUT2D eigenvalue weighted by Crippen LogP contribution is 2.29. The fraction of sp³-hybridized carbons (Fsp3) is 0.208. The molecule has 0 unspecified atom stereocenters. The first-order valence-corrected chi connectivity index (χ1v) is 10.6. The minimum Gasteiger partial charge on any atom is -0.455 e. The molecule has 1 amide bonds. The molecule has 0 aliphatic carbocycles. The Balaban J connectivity index is 1.41. The van der Waals surface area contributed by atoms with Gasteiger partial charge in [-0.1, -0.05) is 35.9 Å². The first-order chi connectivity index (χ1) is 15.3. The number of halogens is 1. The Morgan fingerprint density at radius 3 is 2.59 bits per heavy atom. The van der Waals surface area contributed by atoms with Gasteiger partial charge in [-0.25, -0.2) is 4.68 Å². The molecule has 0 radical (unpaired) electrons. The van der Waals surface area contributed by atoms with E-state index in [1.54, 1.807) is 10.7 Å². The van der Waals surface area contributed by atoms with Gasteiger partial charge in [0.2, 0.25) is 0 Å². The fourth-order valence-electron chi connectivity index (χ4n) is 3.78. The molecule has 0 aliphatic heterocycles. The predicted octanol–water partition coefficient (Wildman–Crippen LogP) is 4.66. The number of fused-ring (bicyclic) bond motifs is 1. The summed E-state index contributed by atoms with van der Waals surface area (Å²) in [4.78, 5) is 28.1. The van der Waals surface area contributed by atoms with Crippen molar-refractivity contribution in [2.24, 2.45) is 0 Å². The Morgan fingerprint density at radius 1 is 1.09 bits per heavy atom. The predicted molar refractivity (Wildman–Crippen MR) is 124 cm³/mol. The number of amides is 1. The van der Waals surface area contributed by atoms with E-state index in [-0.39, 0.29) is 13.0 Å². The largest absolute Gasteiger partial charge is 0.455 e. The second kappa shape index (κ2) is 8.88. The van der Waals surface area contributed by atoms with Crippen LogP contribution in [-0.4, -0.2) is 33.2 Å². The Labute approximate surface area is 190 Å². The number of aromatic amines is 1. The maximum atomic E-state index is 12.5. The van der Waals surface area contributed by atoms with Crippen LogP contribution in [0.1, 0.15) is 22.6 Å². The molecule has 2 aromatic carbocycles. The number of esters is 1. The Bertz CT molecular complexity index is 1310. The number of para-hydroxylation sites is 1. The van der Waals surface area contributed by atoms with E-state index in [2.05, 4.69) is 15.4 Å². The van der Waals surface area contributed by atoms with Gasteiger partial charge in [-0.3, -0.25) is 9.59 Å². The van der Waals surface area contributed by atoms with Crippen LogP contribution in [0.3, 0.4) is 0 Å². The first kappa shape index (κ1) is 21.6. The van der Waals surface area contributed by atoms with E-state index in [1.807, 2.05) is 63.2 Å². The molecule has 0 saturated carbocycles. The number of nitrogens with one attached hydrogen (secondary N) is 2. The number of aromatic nitrogens is 3. The van der Waals surface area contributed by atoms with E-state index in [0.29, 0.717) is 16.4 Å². The van der Waals surface area contributed by atoms with Gasteiger partial charge in [0.25, 0.3) is 5.91 Å². The van der Waals surface area contributed by atoms with Gasteiger partial charge >= 0.3 is 5.97 Å². The van der Waals surface area contributed by atoms with Crippen LogP contribution in [0.5, 0.6) is 0 Å². The minimum atomic E-state index is -0.502. The molecule has 0 spiro atoms. The molecule has 0 atom stereocenters. The first-order valence-electron chi connectivity index (χ1n) is 10.2. The van der Waals surface area contributed by atoms with Gasteiger partial charge in [-0.15, -0.1) is 0 Å². The normalized spacial score (nSPS) is 11.0. The van der Waals surface area contributed by atoms with Crippen molar-refractivity contribution in [2.75, 3.05) is 11.9 Å². The lowest BCUT2D eigenvalue weighted by Gasteiger charge is -2.08. The average molecular weight is 451 g/mol. The van der Waals surface area contributed by atoms with Gasteiger partial charge in [0.15, 0.2) is 6.61 Å². The number of H-pyrrole nitrogens is 1. The number of carbonyl (C=O) groups excluding carboxylic acids is 2. The maximum Gasteiger partial charge on any atom is 0.310 e. The van der Waals surface area contributed by atoms with E-state index in [9.17, 15) is 9.59 Å². The molecular weight excluding hydrogens is 428 g/mol. The lowest BCUT2D eigenvalue weighted by atomic mass is 10.1. The topological polar surface area (TPSA) is 89.0 Å². The standard InChI is InChI=1S/C24H23ClN4O3/c1-14-18(23-19(25)10-7-11-20(23)26-14)12-22(31)32-13-21(30)27-24-15(2)28-29(16(24)3)17-8-5-4-6-9-17/h4-11,26H,12-13H2,1-3H3,(H,27,30). The van der Waals surface area contributed by atoms with Crippen molar-refractivity contribution >= 4 is 40.1 Å². The molecule has 4 aromatic rings. The summed E-state index contributed by atoms with van der Waals surface area (Å²) in [6, 6.07) is 15.2. The lowest BCUT2D eigenvalue weighted by Crippen LogP contribution is -2.22. The second-order valence-corrected chi connectivity index (χ2v) is 7.98. The third kappa shape index (κ3) is 4.24. The van der Waals surface area contributed by atoms with Crippen molar-refractivity contribution in [3.63, 3.8) is 0 Å². The van der Waals surface area contributed by atoms with Crippen molar-refractivity contribution in [1.29, 1.82) is 0 Å². The van der Waals surface area contributed by atoms with Crippen LogP contribution < -0.4 is 5.32 Å². The SMILES string of the molecule is Cc1nn(-c2ccccc2)c(C)c1NC(=O)COC(=O)Cc1c(C)[nH]c2cccc(Cl)c12. The fourth-order valence-corrected chi connectivity index (χ4v) is 4.07. The highest BCUT2D eigenvalue weighted by molar-refractivity contribution is 6.35. The number of aryl methyl sites for hydroxylation is 2. The van der Waals surface area contributed by atoms with Gasteiger partial charge in [0, 0.05) is 16.6 Å². The summed E-state index contributed by atoms with van der Waals surface area (Å²) in [7, 11) is 0. The van der Waals surface area contributed by atoms with E-state index >= 15 is 0 Å². The molecule has 32 heavy (non-hydrogen) atoms. The van der Waals surface area contributed by atoms with Crippen LogP contribution in [0.25, 0.3) is 16.6 Å². The van der Waals surface area contributed by atoms with Crippen molar-refractivity contribution in [3.8, 4) is 5.69 Å². The van der Waals surface area contributed by atoms with Crippen LogP contribution in [0, 0.1) is 20.8 Å². The summed E-state index contributed by atoms with van der Waals surface area (Å²) < 4.78 is 6.99. The summed E-state index contributed by atoms with van der Waals surface area (Å²) >= 11 is 6.31. The van der Waals surface area contributed by atoms with Gasteiger partial charge in [-0.2, -0.15) is 5.10 Å². The van der Waals surface area contributed by atoms with Gasteiger partial charge < -0.3 is 15.0 Å². The van der Waals surface area contributed by atoms with Crippen LogP contribution in [0.4, 0.5) is 5.69 Å². The summed E-state index contributed by atoms with van der Waals surface area (Å²) in [5, 5.41) is 8.67. The third-order valence-corrected chi connectivity index (χ3v) is 5.65. The van der Waals surface area contributed by atoms with E-state index in [0.717, 1.165) is 33.5 Å². The van der Waals surface area contributed by atoms with Gasteiger partial charge in [-0.05, 0) is 50.6 Å². The number of anilines is 1.